The molecule has 0 unspecified atom stereocenters. The van der Waals surface area contributed by atoms with Crippen LogP contribution >= 0.6 is 11.6 Å². The lowest BCUT2D eigenvalue weighted by molar-refractivity contribution is 0.802. The summed E-state index contributed by atoms with van der Waals surface area (Å²) in [7, 11) is 0. The lowest BCUT2D eigenvalue weighted by atomic mass is 10.2. The first kappa shape index (κ1) is 7.44. The summed E-state index contributed by atoms with van der Waals surface area (Å²) in [6.45, 7) is 1.87. The first-order chi connectivity index (χ1) is 4.70. The van der Waals surface area contributed by atoms with Crippen LogP contribution in [0, 0.1) is 0 Å². The van der Waals surface area contributed by atoms with Gasteiger partial charge in [0.1, 0.15) is 0 Å². The van der Waals surface area contributed by atoms with E-state index in [1.807, 2.05) is 6.92 Å². The molecule has 0 saturated heterocycles. The molecular formula is C6H8ClN3. The highest BCUT2D eigenvalue weighted by Crippen LogP contribution is 2.06. The van der Waals surface area contributed by atoms with Gasteiger partial charge in [0.2, 0.25) is 5.28 Å². The van der Waals surface area contributed by atoms with Crippen LogP contribution in [-0.2, 0) is 0 Å². The van der Waals surface area contributed by atoms with Gasteiger partial charge >= 0.3 is 0 Å². The van der Waals surface area contributed by atoms with Crippen molar-refractivity contribution in [2.24, 2.45) is 5.73 Å². The van der Waals surface area contributed by atoms with Gasteiger partial charge in [0.05, 0.1) is 0 Å². The first-order valence-electron chi connectivity index (χ1n) is 2.93. The third-order valence-corrected chi connectivity index (χ3v) is 1.36. The van der Waals surface area contributed by atoms with Gasteiger partial charge in [-0.05, 0) is 18.5 Å². The third-order valence-electron chi connectivity index (χ3n) is 1.17. The minimum atomic E-state index is -0.0303. The molecule has 4 heteroatoms. The zero-order valence-corrected chi connectivity index (χ0v) is 6.34. The summed E-state index contributed by atoms with van der Waals surface area (Å²) in [5, 5.41) is 0.254. The van der Waals surface area contributed by atoms with Crippen molar-refractivity contribution in [3.05, 3.63) is 23.2 Å². The molecular weight excluding hydrogens is 150 g/mol. The lowest BCUT2D eigenvalue weighted by Crippen LogP contribution is -2.05. The molecule has 1 heterocycles. The number of halogens is 1. The molecule has 0 aliphatic rings. The average Bonchev–Trinajstić information content (AvgIpc) is 1.88. The van der Waals surface area contributed by atoms with E-state index in [1.54, 1.807) is 12.4 Å². The van der Waals surface area contributed by atoms with E-state index in [0.717, 1.165) is 5.56 Å². The van der Waals surface area contributed by atoms with Crippen LogP contribution in [0.1, 0.15) is 18.5 Å². The van der Waals surface area contributed by atoms with Crippen molar-refractivity contribution in [2.75, 3.05) is 0 Å². The summed E-state index contributed by atoms with van der Waals surface area (Å²) >= 11 is 5.45. The van der Waals surface area contributed by atoms with Gasteiger partial charge in [0.15, 0.2) is 0 Å². The normalized spacial score (nSPS) is 13.1. The molecule has 0 aromatic carbocycles. The Morgan fingerprint density at radius 1 is 1.50 bits per heavy atom. The van der Waals surface area contributed by atoms with E-state index in [2.05, 4.69) is 9.97 Å². The van der Waals surface area contributed by atoms with Gasteiger partial charge in [-0.3, -0.25) is 0 Å². The summed E-state index contributed by atoms with van der Waals surface area (Å²) in [5.41, 5.74) is 6.43. The molecule has 0 radical (unpaired) electrons. The van der Waals surface area contributed by atoms with Gasteiger partial charge in [0.25, 0.3) is 0 Å². The van der Waals surface area contributed by atoms with E-state index in [1.165, 1.54) is 0 Å². The molecule has 0 bridgehead atoms. The molecule has 1 aromatic heterocycles. The summed E-state index contributed by atoms with van der Waals surface area (Å²) in [4.78, 5) is 7.55. The Bertz CT molecular complexity index is 207. The Hall–Kier alpha value is -0.670. The van der Waals surface area contributed by atoms with Crippen molar-refractivity contribution in [1.29, 1.82) is 0 Å². The van der Waals surface area contributed by atoms with Crippen LogP contribution in [0.25, 0.3) is 0 Å². The SMILES string of the molecule is C[C@H](N)c1cnc(Cl)nc1. The predicted octanol–water partition coefficient (Wildman–Crippen LogP) is 1.15. The molecule has 0 fully saturated rings. The molecule has 0 amide bonds. The fourth-order valence-electron chi connectivity index (χ4n) is 0.557. The Balaban J connectivity index is 2.89. The van der Waals surface area contributed by atoms with Crippen molar-refractivity contribution in [3.8, 4) is 0 Å². The molecule has 10 heavy (non-hydrogen) atoms. The third kappa shape index (κ3) is 1.65. The van der Waals surface area contributed by atoms with Crippen LogP contribution in [0.3, 0.4) is 0 Å². The average molecular weight is 158 g/mol. The monoisotopic (exact) mass is 157 g/mol. The Kier molecular flexibility index (Phi) is 2.19. The van der Waals surface area contributed by atoms with Crippen molar-refractivity contribution < 1.29 is 0 Å². The highest BCUT2D eigenvalue weighted by Gasteiger charge is 1.98. The topological polar surface area (TPSA) is 51.8 Å². The predicted molar refractivity (Wildman–Crippen MR) is 39.6 cm³/mol. The van der Waals surface area contributed by atoms with Crippen molar-refractivity contribution in [2.45, 2.75) is 13.0 Å². The molecule has 1 aromatic rings. The maximum absolute atomic E-state index is 5.54. The standard InChI is InChI=1S/C6H8ClN3/c1-4(8)5-2-9-6(7)10-3-5/h2-4H,8H2,1H3/t4-/m0/s1. The van der Waals surface area contributed by atoms with Gasteiger partial charge in [-0.25, -0.2) is 9.97 Å². The van der Waals surface area contributed by atoms with Gasteiger partial charge < -0.3 is 5.73 Å². The molecule has 0 spiro atoms. The molecule has 54 valence electrons. The second kappa shape index (κ2) is 2.94. The van der Waals surface area contributed by atoms with E-state index in [9.17, 15) is 0 Å². The van der Waals surface area contributed by atoms with Crippen LogP contribution in [-0.4, -0.2) is 9.97 Å². The molecule has 1 atom stereocenters. The second-order valence-electron chi connectivity index (χ2n) is 2.07. The maximum Gasteiger partial charge on any atom is 0.222 e. The van der Waals surface area contributed by atoms with E-state index in [-0.39, 0.29) is 11.3 Å². The summed E-state index contributed by atoms with van der Waals surface area (Å²) in [5.74, 6) is 0. The first-order valence-corrected chi connectivity index (χ1v) is 3.31. The van der Waals surface area contributed by atoms with E-state index in [4.69, 9.17) is 17.3 Å². The van der Waals surface area contributed by atoms with Crippen LogP contribution < -0.4 is 5.73 Å². The van der Waals surface area contributed by atoms with E-state index >= 15 is 0 Å². The maximum atomic E-state index is 5.54. The van der Waals surface area contributed by atoms with Gasteiger partial charge in [-0.1, -0.05) is 0 Å². The van der Waals surface area contributed by atoms with Crippen LogP contribution in [0.2, 0.25) is 5.28 Å². The van der Waals surface area contributed by atoms with E-state index in [0.29, 0.717) is 0 Å². The second-order valence-corrected chi connectivity index (χ2v) is 2.41. The van der Waals surface area contributed by atoms with Crippen molar-refractivity contribution in [3.63, 3.8) is 0 Å². The molecule has 0 aliphatic carbocycles. The van der Waals surface area contributed by atoms with Crippen LogP contribution in [0.4, 0.5) is 0 Å². The van der Waals surface area contributed by atoms with Crippen molar-refractivity contribution in [1.82, 2.24) is 9.97 Å². The summed E-state index contributed by atoms with van der Waals surface area (Å²) in [6, 6.07) is -0.0303. The quantitative estimate of drug-likeness (QED) is 0.623. The van der Waals surface area contributed by atoms with Crippen LogP contribution in [0.5, 0.6) is 0 Å². The highest BCUT2D eigenvalue weighted by molar-refractivity contribution is 6.28. The molecule has 0 saturated carbocycles. The molecule has 0 aliphatic heterocycles. The van der Waals surface area contributed by atoms with Gasteiger partial charge in [-0.2, -0.15) is 0 Å². The fourth-order valence-corrected chi connectivity index (χ4v) is 0.655. The molecule has 1 rings (SSSR count). The van der Waals surface area contributed by atoms with E-state index < -0.39 is 0 Å². The minimum absolute atomic E-state index is 0.0303. The Morgan fingerprint density at radius 2 is 2.00 bits per heavy atom. The van der Waals surface area contributed by atoms with Gasteiger partial charge in [0, 0.05) is 24.0 Å². The molecule has 2 N–H and O–H groups in total. The zero-order valence-electron chi connectivity index (χ0n) is 5.58. The Morgan fingerprint density at radius 3 is 2.40 bits per heavy atom. The zero-order chi connectivity index (χ0) is 7.56. The fraction of sp³-hybridized carbons (Fsp3) is 0.333. The number of hydrogen-bond donors (Lipinski definition) is 1. The summed E-state index contributed by atoms with van der Waals surface area (Å²) < 4.78 is 0. The highest BCUT2D eigenvalue weighted by atomic mass is 35.5. The minimum Gasteiger partial charge on any atom is -0.324 e. The van der Waals surface area contributed by atoms with Crippen molar-refractivity contribution >= 4 is 11.6 Å². The van der Waals surface area contributed by atoms with Crippen LogP contribution in [0.15, 0.2) is 12.4 Å². The number of aromatic nitrogens is 2. The Labute approximate surface area is 64.2 Å². The number of rotatable bonds is 1. The molecule has 3 nitrogen and oxygen atoms in total. The summed E-state index contributed by atoms with van der Waals surface area (Å²) in [6.07, 6.45) is 3.25. The largest absolute Gasteiger partial charge is 0.324 e. The smallest absolute Gasteiger partial charge is 0.222 e. The lowest BCUT2D eigenvalue weighted by Gasteiger charge is -2.01. The number of hydrogen-bond acceptors (Lipinski definition) is 3. The number of nitrogens with two attached hydrogens (primary N) is 1. The number of nitrogens with zero attached hydrogens (tertiary/aromatic N) is 2. The van der Waals surface area contributed by atoms with Gasteiger partial charge in [-0.15, -0.1) is 0 Å².